The van der Waals surface area contributed by atoms with Crippen LogP contribution in [0.1, 0.15) is 44.2 Å². The topological polar surface area (TPSA) is 59.9 Å². The molecule has 3 N–H and O–H groups in total. The Labute approximate surface area is 197 Å². The van der Waals surface area contributed by atoms with Crippen molar-refractivity contribution in [3.63, 3.8) is 0 Å². The molecule has 1 aromatic carbocycles. The minimum absolute atomic E-state index is 0. The van der Waals surface area contributed by atoms with Crippen molar-refractivity contribution in [2.45, 2.75) is 63.5 Å². The van der Waals surface area contributed by atoms with Crippen molar-refractivity contribution in [1.29, 1.82) is 0 Å². The first-order valence-corrected chi connectivity index (χ1v) is 11.9. The molecular weight excluding hydrogens is 495 g/mol. The third-order valence-corrected chi connectivity index (χ3v) is 6.84. The molecule has 3 rings (SSSR count). The number of nitrogens with one attached hydrogen (secondary N) is 2. The average molecular weight is 533 g/mol. The van der Waals surface area contributed by atoms with Crippen LogP contribution >= 0.6 is 35.7 Å². The van der Waals surface area contributed by atoms with Gasteiger partial charge < -0.3 is 15.7 Å². The van der Waals surface area contributed by atoms with Crippen LogP contribution in [-0.2, 0) is 13.0 Å². The lowest BCUT2D eigenvalue weighted by Crippen LogP contribution is -2.43. The second kappa shape index (κ2) is 13.0. The summed E-state index contributed by atoms with van der Waals surface area (Å²) in [7, 11) is 0. The number of β-amino-alcohol motifs (C(OH)–C–C–N with tert-alkyl or cyclic N) is 1. The number of hydrogen-bond donors (Lipinski definition) is 3. The van der Waals surface area contributed by atoms with Gasteiger partial charge in [-0.25, -0.2) is 0 Å². The van der Waals surface area contributed by atoms with Gasteiger partial charge in [-0.1, -0.05) is 31.2 Å². The lowest BCUT2D eigenvalue weighted by molar-refractivity contribution is 0.111. The first-order chi connectivity index (χ1) is 13.7. The highest BCUT2D eigenvalue weighted by atomic mass is 127. The van der Waals surface area contributed by atoms with Gasteiger partial charge in [0.2, 0.25) is 0 Å². The molecule has 0 saturated heterocycles. The van der Waals surface area contributed by atoms with Crippen LogP contribution in [-0.4, -0.2) is 65.3 Å². The Morgan fingerprint density at radius 3 is 2.83 bits per heavy atom. The minimum atomic E-state index is -0.437. The van der Waals surface area contributed by atoms with Crippen LogP contribution in [0.15, 0.2) is 29.3 Å². The van der Waals surface area contributed by atoms with Gasteiger partial charge in [-0.05, 0) is 49.5 Å². The maximum atomic E-state index is 10.5. The monoisotopic (exact) mass is 532 g/mol. The van der Waals surface area contributed by atoms with Gasteiger partial charge in [-0.15, -0.1) is 24.0 Å². The van der Waals surface area contributed by atoms with E-state index in [0.717, 1.165) is 37.3 Å². The summed E-state index contributed by atoms with van der Waals surface area (Å²) in [5, 5.41) is 18.2. The highest BCUT2D eigenvalue weighted by Crippen LogP contribution is 2.29. The fourth-order valence-corrected chi connectivity index (χ4v) is 5.38. The van der Waals surface area contributed by atoms with Gasteiger partial charge in [0.15, 0.2) is 5.96 Å². The average Bonchev–Trinajstić information content (AvgIpc) is 3.13. The molecule has 0 bridgehead atoms. The number of guanidine groups is 1. The number of aliphatic hydroxyl groups excluding tert-OH is 1. The predicted molar refractivity (Wildman–Crippen MR) is 136 cm³/mol. The third-order valence-electron chi connectivity index (χ3n) is 5.61. The molecule has 0 spiro atoms. The summed E-state index contributed by atoms with van der Waals surface area (Å²) in [5.41, 5.74) is 2.83. The number of aliphatic hydroxyl groups is 1. The summed E-state index contributed by atoms with van der Waals surface area (Å²) in [6, 6.07) is 9.13. The van der Waals surface area contributed by atoms with Crippen LogP contribution in [0.2, 0.25) is 0 Å². The molecule has 1 aliphatic heterocycles. The Balaban J connectivity index is 0.00000300. The largest absolute Gasteiger partial charge is 0.390 e. The van der Waals surface area contributed by atoms with Gasteiger partial charge in [0.1, 0.15) is 0 Å². The number of benzene rings is 1. The number of halogens is 1. The lowest BCUT2D eigenvalue weighted by atomic mass is 10.00. The number of nitrogens with zero attached hydrogens (tertiary/aromatic N) is 2. The van der Waals surface area contributed by atoms with Crippen LogP contribution in [0, 0.1) is 0 Å². The molecule has 164 valence electrons. The number of fused-ring (bicyclic) bond motifs is 1. The van der Waals surface area contributed by atoms with Crippen molar-refractivity contribution in [3.8, 4) is 0 Å². The Morgan fingerprint density at radius 2 is 2.07 bits per heavy atom. The first-order valence-electron chi connectivity index (χ1n) is 10.8. The van der Waals surface area contributed by atoms with E-state index in [1.807, 2.05) is 0 Å². The van der Waals surface area contributed by atoms with Crippen LogP contribution in [0.4, 0.5) is 0 Å². The highest BCUT2D eigenvalue weighted by molar-refractivity contribution is 14.0. The van der Waals surface area contributed by atoms with Gasteiger partial charge in [-0.3, -0.25) is 9.89 Å². The summed E-state index contributed by atoms with van der Waals surface area (Å²) in [4.78, 5) is 7.01. The number of thioether (sulfide) groups is 1. The zero-order valence-corrected chi connectivity index (χ0v) is 20.9. The van der Waals surface area contributed by atoms with E-state index in [1.54, 1.807) is 0 Å². The van der Waals surface area contributed by atoms with E-state index < -0.39 is 6.10 Å². The molecule has 29 heavy (non-hydrogen) atoms. The Bertz CT molecular complexity index is 645. The van der Waals surface area contributed by atoms with E-state index in [2.05, 4.69) is 70.4 Å². The summed E-state index contributed by atoms with van der Waals surface area (Å²) in [6.45, 7) is 8.21. The van der Waals surface area contributed by atoms with Gasteiger partial charge in [0.05, 0.1) is 12.6 Å². The molecule has 1 saturated carbocycles. The molecule has 1 aromatic rings. The zero-order valence-electron chi connectivity index (χ0n) is 17.8. The molecule has 0 amide bonds. The normalized spacial score (nSPS) is 23.2. The second-order valence-corrected chi connectivity index (χ2v) is 9.44. The van der Waals surface area contributed by atoms with Crippen molar-refractivity contribution in [3.05, 3.63) is 35.4 Å². The maximum Gasteiger partial charge on any atom is 0.191 e. The first kappa shape index (κ1) is 24.8. The molecule has 3 unspecified atom stereocenters. The van der Waals surface area contributed by atoms with Gasteiger partial charge in [0, 0.05) is 37.5 Å². The SMILES string of the molecule is CCNC(=NCC(O)CN1CCc2ccccc2C1)NC1CCC(SCC)C1.I. The van der Waals surface area contributed by atoms with E-state index >= 15 is 0 Å². The molecule has 2 aliphatic rings. The molecular formula is C22H37IN4OS. The van der Waals surface area contributed by atoms with Crippen LogP contribution in [0.3, 0.4) is 0 Å². The Kier molecular flexibility index (Phi) is 11.1. The Morgan fingerprint density at radius 1 is 1.28 bits per heavy atom. The van der Waals surface area contributed by atoms with Crippen molar-refractivity contribution < 1.29 is 5.11 Å². The summed E-state index contributed by atoms with van der Waals surface area (Å²) >= 11 is 2.07. The van der Waals surface area contributed by atoms with Gasteiger partial charge in [-0.2, -0.15) is 11.8 Å². The molecule has 0 aromatic heterocycles. The fourth-order valence-electron chi connectivity index (χ4n) is 4.23. The smallest absolute Gasteiger partial charge is 0.191 e. The number of hydrogen-bond acceptors (Lipinski definition) is 4. The van der Waals surface area contributed by atoms with E-state index in [0.29, 0.717) is 19.1 Å². The van der Waals surface area contributed by atoms with E-state index in [4.69, 9.17) is 0 Å². The standard InChI is InChI=1S/C22H36N4OS.HI/c1-3-23-22(25-19-9-10-21(13-19)28-4-2)24-14-20(27)16-26-12-11-17-7-5-6-8-18(17)15-26;/h5-8,19-21,27H,3-4,9-16H2,1-2H3,(H2,23,24,25);1H. The summed E-state index contributed by atoms with van der Waals surface area (Å²) < 4.78 is 0. The van der Waals surface area contributed by atoms with Crippen molar-refractivity contribution in [2.75, 3.05) is 31.9 Å². The molecule has 1 heterocycles. The lowest BCUT2D eigenvalue weighted by Gasteiger charge is -2.30. The zero-order chi connectivity index (χ0) is 19.8. The number of aliphatic imine (C=N–C) groups is 1. The van der Waals surface area contributed by atoms with Crippen molar-refractivity contribution >= 4 is 41.7 Å². The number of rotatable bonds is 8. The van der Waals surface area contributed by atoms with E-state index in [-0.39, 0.29) is 24.0 Å². The maximum absolute atomic E-state index is 10.5. The summed E-state index contributed by atoms with van der Waals surface area (Å²) in [5.74, 6) is 2.04. The van der Waals surface area contributed by atoms with Crippen LogP contribution in [0.25, 0.3) is 0 Å². The van der Waals surface area contributed by atoms with E-state index in [9.17, 15) is 5.11 Å². The predicted octanol–water partition coefficient (Wildman–Crippen LogP) is 3.25. The molecule has 7 heteroatoms. The van der Waals surface area contributed by atoms with Crippen molar-refractivity contribution in [1.82, 2.24) is 15.5 Å². The van der Waals surface area contributed by atoms with Gasteiger partial charge >= 0.3 is 0 Å². The minimum Gasteiger partial charge on any atom is -0.390 e. The van der Waals surface area contributed by atoms with E-state index in [1.165, 1.54) is 36.1 Å². The van der Waals surface area contributed by atoms with Crippen LogP contribution < -0.4 is 10.6 Å². The fraction of sp³-hybridized carbons (Fsp3) is 0.682. The summed E-state index contributed by atoms with van der Waals surface area (Å²) in [6.07, 6.45) is 4.33. The quantitative estimate of drug-likeness (QED) is 0.273. The highest BCUT2D eigenvalue weighted by Gasteiger charge is 2.25. The molecule has 5 nitrogen and oxygen atoms in total. The molecule has 1 aliphatic carbocycles. The van der Waals surface area contributed by atoms with Crippen molar-refractivity contribution in [2.24, 2.45) is 4.99 Å². The van der Waals surface area contributed by atoms with Gasteiger partial charge in [0.25, 0.3) is 0 Å². The molecule has 0 radical (unpaired) electrons. The second-order valence-electron chi connectivity index (χ2n) is 7.86. The Hall–Kier alpha value is -0.510. The molecule has 1 fully saturated rings. The molecule has 3 atom stereocenters. The van der Waals surface area contributed by atoms with Crippen LogP contribution in [0.5, 0.6) is 0 Å². The third kappa shape index (κ3) is 7.92.